The van der Waals surface area contributed by atoms with Crippen molar-refractivity contribution in [2.45, 2.75) is 13.5 Å². The minimum absolute atomic E-state index is 0.307. The highest BCUT2D eigenvalue weighted by molar-refractivity contribution is 6.29. The first kappa shape index (κ1) is 14.3. The van der Waals surface area contributed by atoms with Crippen LogP contribution in [0.1, 0.15) is 23.0 Å². The van der Waals surface area contributed by atoms with E-state index in [4.69, 9.17) is 16.3 Å². The molecule has 0 atom stereocenters. The van der Waals surface area contributed by atoms with Gasteiger partial charge in [0.15, 0.2) is 0 Å². The SMILES string of the molecule is CCOC(=O)c1cnc(Cl)cc1NCc1ccccn1. The Hall–Kier alpha value is -2.14. The van der Waals surface area contributed by atoms with Gasteiger partial charge in [0, 0.05) is 12.4 Å². The zero-order chi connectivity index (χ0) is 14.4. The lowest BCUT2D eigenvalue weighted by atomic mass is 10.2. The van der Waals surface area contributed by atoms with Crippen molar-refractivity contribution < 1.29 is 9.53 Å². The van der Waals surface area contributed by atoms with Crippen LogP contribution in [0.2, 0.25) is 5.15 Å². The molecule has 104 valence electrons. The molecular formula is C14H14ClN3O2. The van der Waals surface area contributed by atoms with Crippen LogP contribution in [0, 0.1) is 0 Å². The molecule has 6 heteroatoms. The maximum Gasteiger partial charge on any atom is 0.341 e. The highest BCUT2D eigenvalue weighted by Gasteiger charge is 2.13. The number of nitrogens with zero attached hydrogens (tertiary/aromatic N) is 2. The summed E-state index contributed by atoms with van der Waals surface area (Å²) in [5.74, 6) is -0.430. The van der Waals surface area contributed by atoms with Gasteiger partial charge in [-0.2, -0.15) is 0 Å². The average Bonchev–Trinajstić information content (AvgIpc) is 2.46. The molecule has 0 amide bonds. The van der Waals surface area contributed by atoms with Gasteiger partial charge in [-0.05, 0) is 25.1 Å². The predicted octanol–water partition coefficient (Wildman–Crippen LogP) is 2.92. The summed E-state index contributed by atoms with van der Waals surface area (Å²) < 4.78 is 4.98. The molecule has 0 spiro atoms. The van der Waals surface area contributed by atoms with Crippen LogP contribution in [0.25, 0.3) is 0 Å². The van der Waals surface area contributed by atoms with Gasteiger partial charge in [0.1, 0.15) is 10.7 Å². The molecule has 0 bridgehead atoms. The molecule has 2 aromatic heterocycles. The molecule has 0 unspecified atom stereocenters. The second-order valence-corrected chi connectivity index (χ2v) is 4.33. The van der Waals surface area contributed by atoms with Gasteiger partial charge < -0.3 is 10.1 Å². The third-order valence-electron chi connectivity index (χ3n) is 2.55. The van der Waals surface area contributed by atoms with Gasteiger partial charge in [-0.15, -0.1) is 0 Å². The van der Waals surface area contributed by atoms with E-state index in [9.17, 15) is 4.79 Å². The summed E-state index contributed by atoms with van der Waals surface area (Å²) >= 11 is 5.86. The minimum Gasteiger partial charge on any atom is -0.462 e. The van der Waals surface area contributed by atoms with Gasteiger partial charge >= 0.3 is 5.97 Å². The summed E-state index contributed by atoms with van der Waals surface area (Å²) in [6, 6.07) is 7.23. The van der Waals surface area contributed by atoms with Crippen LogP contribution in [-0.2, 0) is 11.3 Å². The molecule has 5 nitrogen and oxygen atoms in total. The first-order valence-electron chi connectivity index (χ1n) is 6.17. The number of halogens is 1. The Morgan fingerprint density at radius 1 is 1.40 bits per heavy atom. The van der Waals surface area contributed by atoms with E-state index in [1.165, 1.54) is 6.20 Å². The van der Waals surface area contributed by atoms with Crippen molar-refractivity contribution in [3.63, 3.8) is 0 Å². The Kier molecular flexibility index (Phi) is 4.90. The number of esters is 1. The lowest BCUT2D eigenvalue weighted by Gasteiger charge is -2.11. The molecule has 1 N–H and O–H groups in total. The van der Waals surface area contributed by atoms with Crippen molar-refractivity contribution >= 4 is 23.3 Å². The van der Waals surface area contributed by atoms with Gasteiger partial charge in [0.25, 0.3) is 0 Å². The first-order chi connectivity index (χ1) is 9.70. The van der Waals surface area contributed by atoms with Gasteiger partial charge in [-0.25, -0.2) is 9.78 Å². The van der Waals surface area contributed by atoms with Crippen LogP contribution in [0.3, 0.4) is 0 Å². The molecular weight excluding hydrogens is 278 g/mol. The predicted molar refractivity (Wildman–Crippen MR) is 76.8 cm³/mol. The molecule has 0 aliphatic carbocycles. The van der Waals surface area contributed by atoms with E-state index in [0.29, 0.717) is 29.6 Å². The van der Waals surface area contributed by atoms with E-state index in [2.05, 4.69) is 15.3 Å². The number of aromatic nitrogens is 2. The lowest BCUT2D eigenvalue weighted by Crippen LogP contribution is -2.11. The standard InChI is InChI=1S/C14H14ClN3O2/c1-2-20-14(19)11-9-18-13(15)7-12(11)17-8-10-5-3-4-6-16-10/h3-7,9H,2,8H2,1H3,(H,17,18). The highest BCUT2D eigenvalue weighted by atomic mass is 35.5. The van der Waals surface area contributed by atoms with Crippen molar-refractivity contribution in [1.29, 1.82) is 0 Å². The van der Waals surface area contributed by atoms with E-state index >= 15 is 0 Å². The summed E-state index contributed by atoms with van der Waals surface area (Å²) in [5.41, 5.74) is 1.79. The second kappa shape index (κ2) is 6.86. The number of ether oxygens (including phenoxy) is 1. The molecule has 0 aliphatic heterocycles. The normalized spacial score (nSPS) is 10.1. The Morgan fingerprint density at radius 2 is 2.25 bits per heavy atom. The van der Waals surface area contributed by atoms with Gasteiger partial charge in [0.05, 0.1) is 24.5 Å². The third kappa shape index (κ3) is 3.68. The van der Waals surface area contributed by atoms with Gasteiger partial charge in [-0.1, -0.05) is 17.7 Å². The molecule has 0 radical (unpaired) electrons. The summed E-state index contributed by atoms with van der Waals surface area (Å²) in [5, 5.41) is 3.43. The Balaban J connectivity index is 2.17. The fraction of sp³-hybridized carbons (Fsp3) is 0.214. The molecule has 0 aromatic carbocycles. The zero-order valence-corrected chi connectivity index (χ0v) is 11.7. The van der Waals surface area contributed by atoms with Crippen molar-refractivity contribution in [3.05, 3.63) is 53.1 Å². The van der Waals surface area contributed by atoms with Crippen LogP contribution in [-0.4, -0.2) is 22.5 Å². The van der Waals surface area contributed by atoms with E-state index in [1.54, 1.807) is 19.2 Å². The number of rotatable bonds is 5. The molecule has 2 heterocycles. The number of hydrogen-bond acceptors (Lipinski definition) is 5. The van der Waals surface area contributed by atoms with Crippen LogP contribution in [0.4, 0.5) is 5.69 Å². The van der Waals surface area contributed by atoms with E-state index < -0.39 is 5.97 Å². The molecule has 2 aromatic rings. The monoisotopic (exact) mass is 291 g/mol. The third-order valence-corrected chi connectivity index (χ3v) is 2.76. The second-order valence-electron chi connectivity index (χ2n) is 3.95. The molecule has 0 fully saturated rings. The maximum absolute atomic E-state index is 11.8. The van der Waals surface area contributed by atoms with Crippen LogP contribution in [0.5, 0.6) is 0 Å². The summed E-state index contributed by atoms with van der Waals surface area (Å²) in [6.45, 7) is 2.54. The fourth-order valence-corrected chi connectivity index (χ4v) is 1.79. The molecule has 20 heavy (non-hydrogen) atoms. The first-order valence-corrected chi connectivity index (χ1v) is 6.55. The van der Waals surface area contributed by atoms with Crippen molar-refractivity contribution in [2.24, 2.45) is 0 Å². The number of carbonyl (C=O) groups is 1. The van der Waals surface area contributed by atoms with Crippen molar-refractivity contribution in [1.82, 2.24) is 9.97 Å². The minimum atomic E-state index is -0.430. The Morgan fingerprint density at radius 3 is 2.95 bits per heavy atom. The van der Waals surface area contributed by atoms with Crippen LogP contribution >= 0.6 is 11.6 Å². The van der Waals surface area contributed by atoms with Gasteiger partial charge in [-0.3, -0.25) is 4.98 Å². The quantitative estimate of drug-likeness (QED) is 0.678. The van der Waals surface area contributed by atoms with E-state index in [1.807, 2.05) is 18.2 Å². The number of hydrogen-bond donors (Lipinski definition) is 1. The lowest BCUT2D eigenvalue weighted by molar-refractivity contribution is 0.0527. The van der Waals surface area contributed by atoms with Crippen LogP contribution in [0.15, 0.2) is 36.7 Å². The number of anilines is 1. The average molecular weight is 292 g/mol. The van der Waals surface area contributed by atoms with E-state index in [-0.39, 0.29) is 0 Å². The zero-order valence-electron chi connectivity index (χ0n) is 11.0. The Labute approximate surface area is 122 Å². The van der Waals surface area contributed by atoms with E-state index in [0.717, 1.165) is 5.69 Å². The number of nitrogens with one attached hydrogen (secondary N) is 1. The summed E-state index contributed by atoms with van der Waals surface area (Å²) in [6.07, 6.45) is 3.11. The largest absolute Gasteiger partial charge is 0.462 e. The Bertz CT molecular complexity index is 590. The molecule has 0 saturated carbocycles. The maximum atomic E-state index is 11.8. The van der Waals surface area contributed by atoms with Crippen molar-refractivity contribution in [3.8, 4) is 0 Å². The number of pyridine rings is 2. The van der Waals surface area contributed by atoms with Crippen molar-refractivity contribution in [2.75, 3.05) is 11.9 Å². The molecule has 2 rings (SSSR count). The topological polar surface area (TPSA) is 64.1 Å². The fourth-order valence-electron chi connectivity index (χ4n) is 1.64. The number of carbonyl (C=O) groups excluding carboxylic acids is 1. The van der Waals surface area contributed by atoms with Crippen LogP contribution < -0.4 is 5.32 Å². The summed E-state index contributed by atoms with van der Waals surface area (Å²) in [4.78, 5) is 19.9. The highest BCUT2D eigenvalue weighted by Crippen LogP contribution is 2.20. The smallest absolute Gasteiger partial charge is 0.341 e. The molecule has 0 aliphatic rings. The summed E-state index contributed by atoms with van der Waals surface area (Å²) in [7, 11) is 0. The molecule has 0 saturated heterocycles. The van der Waals surface area contributed by atoms with Gasteiger partial charge in [0.2, 0.25) is 0 Å².